The number of esters is 1. The van der Waals surface area contributed by atoms with Crippen LogP contribution in [0.5, 0.6) is 0 Å². The molecule has 2 heterocycles. The maximum absolute atomic E-state index is 11.8. The fourth-order valence-corrected chi connectivity index (χ4v) is 3.02. The second-order valence-corrected chi connectivity index (χ2v) is 5.53. The first-order valence-electron chi connectivity index (χ1n) is 5.76. The van der Waals surface area contributed by atoms with Gasteiger partial charge in [-0.3, -0.25) is 4.79 Å². The number of nitrogens with zero attached hydrogens (tertiary/aromatic N) is 3. The highest BCUT2D eigenvalue weighted by Crippen LogP contribution is 2.30. The van der Waals surface area contributed by atoms with Gasteiger partial charge in [0.25, 0.3) is 0 Å². The molecule has 1 fully saturated rings. The van der Waals surface area contributed by atoms with Crippen molar-refractivity contribution in [3.05, 3.63) is 10.0 Å². The molecule has 0 saturated carbocycles. The van der Waals surface area contributed by atoms with Crippen molar-refractivity contribution in [1.82, 2.24) is 9.88 Å². The number of carbonyl (C=O) groups excluding carboxylic acids is 2. The molecule has 1 amide bonds. The van der Waals surface area contributed by atoms with Gasteiger partial charge in [0.2, 0.25) is 5.91 Å². The Morgan fingerprint density at radius 2 is 2.21 bits per heavy atom. The van der Waals surface area contributed by atoms with E-state index >= 15 is 0 Å². The van der Waals surface area contributed by atoms with Crippen LogP contribution in [0.25, 0.3) is 0 Å². The van der Waals surface area contributed by atoms with Gasteiger partial charge in [-0.05, 0) is 6.42 Å². The summed E-state index contributed by atoms with van der Waals surface area (Å²) in [7, 11) is 3.07. The van der Waals surface area contributed by atoms with Gasteiger partial charge in [-0.15, -0.1) is 0 Å². The van der Waals surface area contributed by atoms with E-state index in [9.17, 15) is 9.59 Å². The lowest BCUT2D eigenvalue weighted by Gasteiger charge is -2.18. The Morgan fingerprint density at radius 1 is 1.47 bits per heavy atom. The van der Waals surface area contributed by atoms with E-state index in [-0.39, 0.29) is 22.5 Å². The van der Waals surface area contributed by atoms with Crippen LogP contribution in [0.3, 0.4) is 0 Å². The number of carbonyl (C=O) groups is 2. The zero-order valence-corrected chi connectivity index (χ0v) is 12.3. The Morgan fingerprint density at radius 3 is 2.89 bits per heavy atom. The van der Waals surface area contributed by atoms with E-state index in [2.05, 4.69) is 9.72 Å². The number of anilines is 1. The van der Waals surface area contributed by atoms with E-state index in [1.54, 1.807) is 11.9 Å². The largest absolute Gasteiger partial charge is 0.465 e. The van der Waals surface area contributed by atoms with Crippen molar-refractivity contribution in [2.75, 3.05) is 38.7 Å². The van der Waals surface area contributed by atoms with E-state index in [1.807, 2.05) is 4.90 Å². The number of hydrogen-bond acceptors (Lipinski definition) is 6. The minimum atomic E-state index is -0.507. The molecule has 2 rings (SSSR count). The molecule has 0 unspecified atom stereocenters. The number of thiazole rings is 1. The molecule has 1 aromatic rings. The number of hydrogen-bond donors (Lipinski definition) is 0. The Balaban J connectivity index is 2.22. The van der Waals surface area contributed by atoms with E-state index in [1.165, 1.54) is 7.11 Å². The topological polar surface area (TPSA) is 62.7 Å². The van der Waals surface area contributed by atoms with Gasteiger partial charge in [0.05, 0.1) is 13.7 Å². The summed E-state index contributed by atoms with van der Waals surface area (Å²) in [5.74, 6) is -0.476. The summed E-state index contributed by atoms with van der Waals surface area (Å²) in [6.45, 7) is 1.68. The van der Waals surface area contributed by atoms with Crippen LogP contribution in [0.15, 0.2) is 0 Å². The van der Waals surface area contributed by atoms with Crippen LogP contribution >= 0.6 is 22.9 Å². The molecular weight excluding hydrogens is 290 g/mol. The fourth-order valence-electron chi connectivity index (χ4n) is 1.79. The Kier molecular flexibility index (Phi) is 4.26. The van der Waals surface area contributed by atoms with Gasteiger partial charge in [0, 0.05) is 20.1 Å². The standard InChI is InChI=1S/C11H14ClN3O3S/c1-14-4-3-5-15(6-7(14)16)11-13-9(12)8(19-11)10(17)18-2/h3-6H2,1-2H3. The van der Waals surface area contributed by atoms with E-state index < -0.39 is 5.97 Å². The fraction of sp³-hybridized carbons (Fsp3) is 0.545. The number of rotatable bonds is 2. The molecule has 8 heteroatoms. The van der Waals surface area contributed by atoms with Gasteiger partial charge in [-0.1, -0.05) is 22.9 Å². The second kappa shape index (κ2) is 5.75. The van der Waals surface area contributed by atoms with Gasteiger partial charge < -0.3 is 14.5 Å². The average Bonchev–Trinajstić information content (AvgIpc) is 2.69. The Labute approximate surface area is 119 Å². The molecule has 0 bridgehead atoms. The monoisotopic (exact) mass is 303 g/mol. The SMILES string of the molecule is COC(=O)c1sc(N2CCCN(C)C(=O)C2)nc1Cl. The van der Waals surface area contributed by atoms with Crippen LogP contribution in [0.4, 0.5) is 5.13 Å². The molecule has 0 atom stereocenters. The highest BCUT2D eigenvalue weighted by atomic mass is 35.5. The predicted molar refractivity (Wildman–Crippen MR) is 72.9 cm³/mol. The van der Waals surface area contributed by atoms with Gasteiger partial charge in [-0.2, -0.15) is 0 Å². The lowest BCUT2D eigenvalue weighted by atomic mass is 10.4. The summed E-state index contributed by atoms with van der Waals surface area (Å²) < 4.78 is 4.63. The van der Waals surface area contributed by atoms with Gasteiger partial charge in [-0.25, -0.2) is 9.78 Å². The van der Waals surface area contributed by atoms with E-state index in [0.717, 1.165) is 24.3 Å². The lowest BCUT2D eigenvalue weighted by Crippen LogP contribution is -2.34. The van der Waals surface area contributed by atoms with Crippen LogP contribution in [0, 0.1) is 0 Å². The molecule has 0 aromatic carbocycles. The second-order valence-electron chi connectivity index (χ2n) is 4.20. The Hall–Kier alpha value is -1.34. The maximum atomic E-state index is 11.8. The first-order valence-corrected chi connectivity index (χ1v) is 6.96. The third-order valence-electron chi connectivity index (χ3n) is 2.89. The van der Waals surface area contributed by atoms with Crippen molar-refractivity contribution in [2.45, 2.75) is 6.42 Å². The predicted octanol–water partition coefficient (Wildman–Crippen LogP) is 1.25. The normalized spacial score (nSPS) is 16.5. The number of ether oxygens (including phenoxy) is 1. The van der Waals surface area contributed by atoms with Crippen LogP contribution in [-0.2, 0) is 9.53 Å². The van der Waals surface area contributed by atoms with Crippen LogP contribution in [0.1, 0.15) is 16.1 Å². The summed E-state index contributed by atoms with van der Waals surface area (Å²) in [6.07, 6.45) is 0.854. The van der Waals surface area contributed by atoms with E-state index in [4.69, 9.17) is 11.6 Å². The highest BCUT2D eigenvalue weighted by molar-refractivity contribution is 7.18. The molecule has 0 aliphatic carbocycles. The molecule has 19 heavy (non-hydrogen) atoms. The van der Waals surface area contributed by atoms with Crippen molar-refractivity contribution < 1.29 is 14.3 Å². The number of halogens is 1. The van der Waals surface area contributed by atoms with Crippen LogP contribution in [0.2, 0.25) is 5.15 Å². The van der Waals surface area contributed by atoms with Crippen LogP contribution in [-0.4, -0.2) is 55.6 Å². The minimum Gasteiger partial charge on any atom is -0.465 e. The average molecular weight is 304 g/mol. The summed E-state index contributed by atoms with van der Waals surface area (Å²) in [6, 6.07) is 0. The molecule has 104 valence electrons. The van der Waals surface area contributed by atoms with Gasteiger partial charge in [0.1, 0.15) is 0 Å². The number of methoxy groups -OCH3 is 1. The van der Waals surface area contributed by atoms with E-state index in [0.29, 0.717) is 11.7 Å². The molecule has 0 radical (unpaired) electrons. The minimum absolute atomic E-state index is 0.0310. The quantitative estimate of drug-likeness (QED) is 0.770. The molecule has 0 spiro atoms. The Bertz CT molecular complexity index is 505. The smallest absolute Gasteiger partial charge is 0.351 e. The molecule has 6 nitrogen and oxygen atoms in total. The zero-order chi connectivity index (χ0) is 14.0. The van der Waals surface area contributed by atoms with Crippen molar-refractivity contribution >= 4 is 39.9 Å². The zero-order valence-electron chi connectivity index (χ0n) is 10.7. The summed E-state index contributed by atoms with van der Waals surface area (Å²) in [4.78, 5) is 31.2. The van der Waals surface area contributed by atoms with Crippen molar-refractivity contribution in [3.63, 3.8) is 0 Å². The van der Waals surface area contributed by atoms with Gasteiger partial charge >= 0.3 is 5.97 Å². The molecule has 1 aliphatic rings. The molecule has 1 saturated heterocycles. The molecule has 1 aromatic heterocycles. The van der Waals surface area contributed by atoms with Gasteiger partial charge in [0.15, 0.2) is 15.2 Å². The number of likely N-dealkylation sites (N-methyl/N-ethyl adjacent to an activating group) is 1. The summed E-state index contributed by atoms with van der Waals surface area (Å²) >= 11 is 7.07. The summed E-state index contributed by atoms with van der Waals surface area (Å²) in [5.41, 5.74) is 0. The van der Waals surface area contributed by atoms with Crippen LogP contribution < -0.4 is 4.90 Å². The van der Waals surface area contributed by atoms with Crippen molar-refractivity contribution in [3.8, 4) is 0 Å². The van der Waals surface area contributed by atoms with Crippen molar-refractivity contribution in [1.29, 1.82) is 0 Å². The molecule has 1 aliphatic heterocycles. The number of amides is 1. The number of aromatic nitrogens is 1. The third kappa shape index (κ3) is 2.98. The van der Waals surface area contributed by atoms with Crippen molar-refractivity contribution in [2.24, 2.45) is 0 Å². The summed E-state index contributed by atoms with van der Waals surface area (Å²) in [5, 5.41) is 0.700. The molecule has 0 N–H and O–H groups in total. The highest BCUT2D eigenvalue weighted by Gasteiger charge is 2.24. The third-order valence-corrected chi connectivity index (χ3v) is 4.37. The maximum Gasteiger partial charge on any atom is 0.351 e. The first-order chi connectivity index (χ1) is 9.02. The first kappa shape index (κ1) is 14.1. The lowest BCUT2D eigenvalue weighted by molar-refractivity contribution is -0.127. The molecular formula is C11H14ClN3O3S.